The highest BCUT2D eigenvalue weighted by Gasteiger charge is 2.04. The fraction of sp³-hybridized carbons (Fsp3) is 0.214. The smallest absolute Gasteiger partial charge is 0.119 e. The van der Waals surface area contributed by atoms with Gasteiger partial charge in [0.1, 0.15) is 12.4 Å². The molecule has 88 valence electrons. The molecular formula is C14H16N2O. The molecule has 2 rings (SSSR count). The third-order valence-electron chi connectivity index (χ3n) is 2.45. The average Bonchev–Trinajstić information content (AvgIpc) is 2.39. The molecule has 2 N–H and O–H groups in total. The van der Waals surface area contributed by atoms with Gasteiger partial charge < -0.3 is 10.5 Å². The van der Waals surface area contributed by atoms with Crippen molar-refractivity contribution in [3.8, 4) is 5.75 Å². The minimum absolute atomic E-state index is 0.00222. The quantitative estimate of drug-likeness (QED) is 0.851. The van der Waals surface area contributed by atoms with Gasteiger partial charge >= 0.3 is 0 Å². The Morgan fingerprint density at radius 3 is 2.47 bits per heavy atom. The first kappa shape index (κ1) is 11.6. The molecule has 1 aromatic carbocycles. The number of benzene rings is 1. The van der Waals surface area contributed by atoms with Crippen LogP contribution in [-0.4, -0.2) is 17.6 Å². The van der Waals surface area contributed by atoms with E-state index in [2.05, 4.69) is 4.98 Å². The van der Waals surface area contributed by atoms with Crippen molar-refractivity contribution in [1.82, 2.24) is 4.98 Å². The van der Waals surface area contributed by atoms with Gasteiger partial charge in [-0.1, -0.05) is 18.2 Å². The molecule has 3 heteroatoms. The predicted molar refractivity (Wildman–Crippen MR) is 67.9 cm³/mol. The van der Waals surface area contributed by atoms with Gasteiger partial charge in [-0.25, -0.2) is 0 Å². The Morgan fingerprint density at radius 1 is 1.06 bits per heavy atom. The summed E-state index contributed by atoms with van der Waals surface area (Å²) in [7, 11) is 0. The standard InChI is InChI=1S/C14H16N2O/c15-13(10-12-6-8-16-9-7-12)11-17-14-4-2-1-3-5-14/h1-9,13H,10-11,15H2. The van der Waals surface area contributed by atoms with Crippen molar-refractivity contribution in [2.75, 3.05) is 6.61 Å². The Bertz CT molecular complexity index is 430. The summed E-state index contributed by atoms with van der Waals surface area (Å²) in [5, 5.41) is 0. The van der Waals surface area contributed by atoms with Crippen molar-refractivity contribution < 1.29 is 4.74 Å². The molecule has 2 aromatic rings. The number of aromatic nitrogens is 1. The molecule has 1 heterocycles. The minimum atomic E-state index is -0.00222. The van der Waals surface area contributed by atoms with E-state index in [1.54, 1.807) is 12.4 Å². The number of hydrogen-bond donors (Lipinski definition) is 1. The van der Waals surface area contributed by atoms with Gasteiger partial charge in [0.25, 0.3) is 0 Å². The number of nitrogens with two attached hydrogens (primary N) is 1. The number of hydrogen-bond acceptors (Lipinski definition) is 3. The predicted octanol–water partition coefficient (Wildman–Crippen LogP) is 2.03. The molecule has 0 aliphatic rings. The third-order valence-corrected chi connectivity index (χ3v) is 2.45. The lowest BCUT2D eigenvalue weighted by Crippen LogP contribution is -2.30. The van der Waals surface area contributed by atoms with E-state index in [1.807, 2.05) is 42.5 Å². The Hall–Kier alpha value is -1.87. The zero-order valence-corrected chi connectivity index (χ0v) is 9.62. The first-order valence-electron chi connectivity index (χ1n) is 5.67. The molecule has 0 saturated heterocycles. The van der Waals surface area contributed by atoms with Crippen LogP contribution in [0, 0.1) is 0 Å². The van der Waals surface area contributed by atoms with E-state index >= 15 is 0 Å². The maximum absolute atomic E-state index is 6.01. The topological polar surface area (TPSA) is 48.1 Å². The Kier molecular flexibility index (Phi) is 4.11. The number of pyridine rings is 1. The lowest BCUT2D eigenvalue weighted by molar-refractivity contribution is 0.287. The van der Waals surface area contributed by atoms with Crippen LogP contribution in [0.4, 0.5) is 0 Å². The number of rotatable bonds is 5. The highest BCUT2D eigenvalue weighted by molar-refractivity contribution is 5.21. The summed E-state index contributed by atoms with van der Waals surface area (Å²) in [6, 6.07) is 13.7. The highest BCUT2D eigenvalue weighted by Crippen LogP contribution is 2.09. The van der Waals surface area contributed by atoms with Crippen LogP contribution in [0.5, 0.6) is 5.75 Å². The lowest BCUT2D eigenvalue weighted by Gasteiger charge is -2.13. The van der Waals surface area contributed by atoms with Crippen LogP contribution in [0.3, 0.4) is 0 Å². The molecule has 0 amide bonds. The van der Waals surface area contributed by atoms with Gasteiger partial charge in [-0.3, -0.25) is 4.98 Å². The maximum Gasteiger partial charge on any atom is 0.119 e. The van der Waals surface area contributed by atoms with Crippen LogP contribution in [0.2, 0.25) is 0 Å². The van der Waals surface area contributed by atoms with Gasteiger partial charge in [-0.15, -0.1) is 0 Å². The lowest BCUT2D eigenvalue weighted by atomic mass is 10.1. The van der Waals surface area contributed by atoms with Crippen molar-refractivity contribution in [1.29, 1.82) is 0 Å². The molecule has 0 bridgehead atoms. The van der Waals surface area contributed by atoms with E-state index in [4.69, 9.17) is 10.5 Å². The highest BCUT2D eigenvalue weighted by atomic mass is 16.5. The summed E-state index contributed by atoms with van der Waals surface area (Å²) >= 11 is 0. The summed E-state index contributed by atoms with van der Waals surface area (Å²) in [5.41, 5.74) is 7.19. The van der Waals surface area contributed by atoms with Crippen LogP contribution in [0.1, 0.15) is 5.56 Å². The van der Waals surface area contributed by atoms with Crippen molar-refractivity contribution >= 4 is 0 Å². The second-order valence-corrected chi connectivity index (χ2v) is 3.94. The van der Waals surface area contributed by atoms with Crippen LogP contribution >= 0.6 is 0 Å². The van der Waals surface area contributed by atoms with Gasteiger partial charge in [0.15, 0.2) is 0 Å². The van der Waals surface area contributed by atoms with E-state index in [1.165, 1.54) is 5.56 Å². The largest absolute Gasteiger partial charge is 0.492 e. The zero-order valence-electron chi connectivity index (χ0n) is 9.62. The summed E-state index contributed by atoms with van der Waals surface area (Å²) in [6.45, 7) is 0.520. The molecule has 0 aliphatic carbocycles. The van der Waals surface area contributed by atoms with Crippen molar-refractivity contribution in [3.63, 3.8) is 0 Å². The van der Waals surface area contributed by atoms with Gasteiger partial charge in [0, 0.05) is 18.4 Å². The van der Waals surface area contributed by atoms with Crippen LogP contribution in [0.15, 0.2) is 54.9 Å². The van der Waals surface area contributed by atoms with Gasteiger partial charge in [0.2, 0.25) is 0 Å². The van der Waals surface area contributed by atoms with Crippen molar-refractivity contribution in [2.24, 2.45) is 5.73 Å². The number of para-hydroxylation sites is 1. The Balaban J connectivity index is 1.80. The first-order chi connectivity index (χ1) is 8.34. The molecule has 0 radical (unpaired) electrons. The van der Waals surface area contributed by atoms with Gasteiger partial charge in [-0.2, -0.15) is 0 Å². The number of ether oxygens (including phenoxy) is 1. The van der Waals surface area contributed by atoms with E-state index in [0.29, 0.717) is 6.61 Å². The van der Waals surface area contributed by atoms with E-state index in [0.717, 1.165) is 12.2 Å². The van der Waals surface area contributed by atoms with Gasteiger partial charge in [-0.05, 0) is 36.2 Å². The van der Waals surface area contributed by atoms with Gasteiger partial charge in [0.05, 0.1) is 0 Å². The summed E-state index contributed by atoms with van der Waals surface area (Å²) in [5.74, 6) is 0.859. The Labute approximate surface area is 101 Å². The second kappa shape index (κ2) is 6.01. The van der Waals surface area contributed by atoms with E-state index in [-0.39, 0.29) is 6.04 Å². The van der Waals surface area contributed by atoms with Crippen LogP contribution in [0.25, 0.3) is 0 Å². The molecular weight excluding hydrogens is 212 g/mol. The molecule has 17 heavy (non-hydrogen) atoms. The summed E-state index contributed by atoms with van der Waals surface area (Å²) in [4.78, 5) is 3.97. The molecule has 0 aliphatic heterocycles. The first-order valence-corrected chi connectivity index (χ1v) is 5.67. The number of nitrogens with zero attached hydrogens (tertiary/aromatic N) is 1. The summed E-state index contributed by atoms with van der Waals surface area (Å²) < 4.78 is 5.60. The molecule has 0 fully saturated rings. The third kappa shape index (κ3) is 3.89. The summed E-state index contributed by atoms with van der Waals surface area (Å²) in [6.07, 6.45) is 4.36. The van der Waals surface area contributed by atoms with Crippen LogP contribution in [-0.2, 0) is 6.42 Å². The van der Waals surface area contributed by atoms with E-state index in [9.17, 15) is 0 Å². The van der Waals surface area contributed by atoms with Crippen molar-refractivity contribution in [3.05, 3.63) is 60.4 Å². The fourth-order valence-corrected chi connectivity index (χ4v) is 1.60. The molecule has 1 atom stereocenters. The Morgan fingerprint density at radius 2 is 1.76 bits per heavy atom. The molecule has 0 saturated carbocycles. The normalized spacial score (nSPS) is 12.1. The molecule has 1 aromatic heterocycles. The zero-order chi connectivity index (χ0) is 11.9. The molecule has 0 spiro atoms. The minimum Gasteiger partial charge on any atom is -0.492 e. The average molecular weight is 228 g/mol. The van der Waals surface area contributed by atoms with Crippen molar-refractivity contribution in [2.45, 2.75) is 12.5 Å². The van der Waals surface area contributed by atoms with E-state index < -0.39 is 0 Å². The monoisotopic (exact) mass is 228 g/mol. The molecule has 1 unspecified atom stereocenters. The van der Waals surface area contributed by atoms with Crippen LogP contribution < -0.4 is 10.5 Å². The SMILES string of the molecule is NC(COc1ccccc1)Cc1ccncc1. The maximum atomic E-state index is 6.01. The molecule has 3 nitrogen and oxygen atoms in total. The fourth-order valence-electron chi connectivity index (χ4n) is 1.60. The second-order valence-electron chi connectivity index (χ2n) is 3.94.